The lowest BCUT2D eigenvalue weighted by molar-refractivity contribution is 0.571. The molecule has 1 heterocycles. The Hall–Kier alpha value is -1.64. The molecule has 0 amide bonds. The third-order valence-electron chi connectivity index (χ3n) is 4.63. The molecule has 0 aliphatic heterocycles. The van der Waals surface area contributed by atoms with E-state index in [1.807, 2.05) is 31.6 Å². The maximum Gasteiger partial charge on any atom is 0.191 e. The SMILES string of the molecule is CCNC(=NCC1(c2ccccc2F)CC1)NCCCn1ccnc1.I. The van der Waals surface area contributed by atoms with E-state index in [1.54, 1.807) is 18.3 Å². The molecule has 1 aromatic heterocycles. The molecular formula is C19H27FIN5. The third kappa shape index (κ3) is 5.43. The number of guanidine groups is 1. The van der Waals surface area contributed by atoms with Crippen molar-refractivity contribution in [3.05, 3.63) is 54.4 Å². The fourth-order valence-corrected chi connectivity index (χ4v) is 3.01. The lowest BCUT2D eigenvalue weighted by Gasteiger charge is -2.16. The molecule has 0 bridgehead atoms. The van der Waals surface area contributed by atoms with Gasteiger partial charge in [-0.3, -0.25) is 4.99 Å². The first-order valence-corrected chi connectivity index (χ1v) is 8.96. The molecule has 1 saturated carbocycles. The highest BCUT2D eigenvalue weighted by Crippen LogP contribution is 2.49. The molecular weight excluding hydrogens is 444 g/mol. The smallest absolute Gasteiger partial charge is 0.191 e. The highest BCUT2D eigenvalue weighted by atomic mass is 127. The van der Waals surface area contributed by atoms with Crippen LogP contribution in [0.2, 0.25) is 0 Å². The lowest BCUT2D eigenvalue weighted by atomic mass is 9.95. The molecule has 1 fully saturated rings. The van der Waals surface area contributed by atoms with Crippen LogP contribution in [-0.2, 0) is 12.0 Å². The maximum atomic E-state index is 14.1. The molecule has 0 atom stereocenters. The summed E-state index contributed by atoms with van der Waals surface area (Å²) < 4.78 is 16.2. The van der Waals surface area contributed by atoms with E-state index in [0.29, 0.717) is 6.54 Å². The summed E-state index contributed by atoms with van der Waals surface area (Å²) in [4.78, 5) is 8.75. The van der Waals surface area contributed by atoms with Crippen LogP contribution in [0.4, 0.5) is 4.39 Å². The van der Waals surface area contributed by atoms with Gasteiger partial charge in [0.2, 0.25) is 0 Å². The van der Waals surface area contributed by atoms with Gasteiger partial charge in [0.1, 0.15) is 5.82 Å². The molecule has 1 aromatic carbocycles. The van der Waals surface area contributed by atoms with Gasteiger partial charge in [-0.05, 0) is 37.8 Å². The first-order valence-electron chi connectivity index (χ1n) is 8.96. The number of nitrogens with one attached hydrogen (secondary N) is 2. The molecule has 142 valence electrons. The maximum absolute atomic E-state index is 14.1. The van der Waals surface area contributed by atoms with E-state index in [9.17, 15) is 4.39 Å². The monoisotopic (exact) mass is 471 g/mol. The molecule has 2 aromatic rings. The number of imidazole rings is 1. The molecule has 0 radical (unpaired) electrons. The van der Waals surface area contributed by atoms with Crippen LogP contribution < -0.4 is 10.6 Å². The average molecular weight is 471 g/mol. The summed E-state index contributed by atoms with van der Waals surface area (Å²) >= 11 is 0. The third-order valence-corrected chi connectivity index (χ3v) is 4.63. The van der Waals surface area contributed by atoms with Gasteiger partial charge in [0.25, 0.3) is 0 Å². The predicted molar refractivity (Wildman–Crippen MR) is 114 cm³/mol. The molecule has 0 spiro atoms. The Morgan fingerprint density at radius 1 is 1.31 bits per heavy atom. The first-order chi connectivity index (χ1) is 12.2. The van der Waals surface area contributed by atoms with Crippen LogP contribution in [0.15, 0.2) is 48.0 Å². The molecule has 5 nitrogen and oxygen atoms in total. The fraction of sp³-hybridized carbons (Fsp3) is 0.474. The molecule has 7 heteroatoms. The van der Waals surface area contributed by atoms with Crippen molar-refractivity contribution in [3.8, 4) is 0 Å². The number of aromatic nitrogens is 2. The highest BCUT2D eigenvalue weighted by molar-refractivity contribution is 14.0. The van der Waals surface area contributed by atoms with Crippen molar-refractivity contribution in [2.45, 2.75) is 38.1 Å². The Labute approximate surface area is 171 Å². The minimum Gasteiger partial charge on any atom is -0.357 e. The summed E-state index contributed by atoms with van der Waals surface area (Å²) in [6.45, 7) is 5.22. The standard InChI is InChI=1S/C19H26FN5.HI/c1-2-22-18(23-10-5-12-25-13-11-21-15-25)24-14-19(8-9-19)16-6-3-4-7-17(16)20;/h3-4,6-7,11,13,15H,2,5,8-10,12,14H2,1H3,(H2,22,23,24);1H. The highest BCUT2D eigenvalue weighted by Gasteiger charge is 2.45. The zero-order valence-corrected chi connectivity index (χ0v) is 17.4. The van der Waals surface area contributed by atoms with Crippen LogP contribution in [0, 0.1) is 5.82 Å². The predicted octanol–water partition coefficient (Wildman–Crippen LogP) is 3.32. The minimum absolute atomic E-state index is 0. The van der Waals surface area contributed by atoms with Crippen molar-refractivity contribution in [2.24, 2.45) is 4.99 Å². The molecule has 1 aliphatic carbocycles. The topological polar surface area (TPSA) is 54.2 Å². The van der Waals surface area contributed by atoms with Crippen molar-refractivity contribution in [1.82, 2.24) is 20.2 Å². The fourth-order valence-electron chi connectivity index (χ4n) is 3.01. The van der Waals surface area contributed by atoms with E-state index >= 15 is 0 Å². The van der Waals surface area contributed by atoms with E-state index in [0.717, 1.165) is 50.4 Å². The number of hydrogen-bond donors (Lipinski definition) is 2. The van der Waals surface area contributed by atoms with E-state index in [-0.39, 0.29) is 35.2 Å². The summed E-state index contributed by atoms with van der Waals surface area (Å²) in [6.07, 6.45) is 8.56. The normalized spacial score (nSPS) is 15.2. The van der Waals surface area contributed by atoms with Gasteiger partial charge in [-0.15, -0.1) is 24.0 Å². The molecule has 2 N–H and O–H groups in total. The van der Waals surface area contributed by atoms with Crippen LogP contribution in [0.3, 0.4) is 0 Å². The molecule has 0 unspecified atom stereocenters. The van der Waals surface area contributed by atoms with Crippen molar-refractivity contribution < 1.29 is 4.39 Å². The Morgan fingerprint density at radius 3 is 2.77 bits per heavy atom. The minimum atomic E-state index is -0.121. The van der Waals surface area contributed by atoms with E-state index < -0.39 is 0 Å². The van der Waals surface area contributed by atoms with Crippen LogP contribution in [0.5, 0.6) is 0 Å². The quantitative estimate of drug-likeness (QED) is 0.269. The largest absolute Gasteiger partial charge is 0.357 e. The van der Waals surface area contributed by atoms with Gasteiger partial charge < -0.3 is 15.2 Å². The number of aliphatic imine (C=N–C) groups is 1. The van der Waals surface area contributed by atoms with Gasteiger partial charge in [0, 0.05) is 37.4 Å². The van der Waals surface area contributed by atoms with Crippen molar-refractivity contribution >= 4 is 29.9 Å². The van der Waals surface area contributed by atoms with Gasteiger partial charge in [-0.25, -0.2) is 9.37 Å². The summed E-state index contributed by atoms with van der Waals surface area (Å²) in [5, 5.41) is 6.63. The zero-order valence-electron chi connectivity index (χ0n) is 15.1. The first kappa shape index (κ1) is 20.7. The lowest BCUT2D eigenvalue weighted by Crippen LogP contribution is -2.38. The van der Waals surface area contributed by atoms with E-state index in [4.69, 9.17) is 4.99 Å². The van der Waals surface area contributed by atoms with Crippen molar-refractivity contribution in [2.75, 3.05) is 19.6 Å². The Morgan fingerprint density at radius 2 is 2.12 bits per heavy atom. The Kier molecular flexibility index (Phi) is 7.86. The number of hydrogen-bond acceptors (Lipinski definition) is 2. The van der Waals surface area contributed by atoms with Gasteiger partial charge >= 0.3 is 0 Å². The molecule has 26 heavy (non-hydrogen) atoms. The summed E-state index contributed by atoms with van der Waals surface area (Å²) in [6, 6.07) is 7.08. The van der Waals surface area contributed by atoms with Crippen LogP contribution in [-0.4, -0.2) is 35.1 Å². The zero-order chi connectivity index (χ0) is 17.5. The Balaban J connectivity index is 0.00000243. The van der Waals surface area contributed by atoms with Gasteiger partial charge in [0.15, 0.2) is 5.96 Å². The molecule has 0 saturated heterocycles. The summed E-state index contributed by atoms with van der Waals surface area (Å²) in [7, 11) is 0. The number of aryl methyl sites for hydroxylation is 1. The second-order valence-corrected chi connectivity index (χ2v) is 6.54. The number of benzene rings is 1. The van der Waals surface area contributed by atoms with E-state index in [1.165, 1.54) is 0 Å². The molecule has 1 aliphatic rings. The summed E-state index contributed by atoms with van der Waals surface area (Å²) in [5.41, 5.74) is 0.680. The van der Waals surface area contributed by atoms with Gasteiger partial charge in [0.05, 0.1) is 12.9 Å². The second-order valence-electron chi connectivity index (χ2n) is 6.54. The van der Waals surface area contributed by atoms with Crippen molar-refractivity contribution in [3.63, 3.8) is 0 Å². The van der Waals surface area contributed by atoms with Crippen LogP contribution in [0.1, 0.15) is 31.7 Å². The second kappa shape index (κ2) is 9.89. The average Bonchev–Trinajstić information content (AvgIpc) is 3.22. The van der Waals surface area contributed by atoms with E-state index in [2.05, 4.69) is 20.2 Å². The molecule has 3 rings (SSSR count). The van der Waals surface area contributed by atoms with Gasteiger partial charge in [-0.2, -0.15) is 0 Å². The number of halogens is 2. The van der Waals surface area contributed by atoms with Gasteiger partial charge in [-0.1, -0.05) is 18.2 Å². The number of nitrogens with zero attached hydrogens (tertiary/aromatic N) is 3. The summed E-state index contributed by atoms with van der Waals surface area (Å²) in [5.74, 6) is 0.684. The van der Waals surface area contributed by atoms with Crippen LogP contribution >= 0.6 is 24.0 Å². The number of rotatable bonds is 8. The van der Waals surface area contributed by atoms with Crippen LogP contribution in [0.25, 0.3) is 0 Å². The Bertz CT molecular complexity index is 698. The van der Waals surface area contributed by atoms with Crippen molar-refractivity contribution in [1.29, 1.82) is 0 Å².